The van der Waals surface area contributed by atoms with E-state index in [1.807, 2.05) is 18.7 Å². The molecule has 0 unspecified atom stereocenters. The lowest BCUT2D eigenvalue weighted by molar-refractivity contribution is -0.103. The number of hydrogen-bond acceptors (Lipinski definition) is 3. The Morgan fingerprint density at radius 3 is 2.85 bits per heavy atom. The van der Waals surface area contributed by atoms with Gasteiger partial charge in [0.15, 0.2) is 0 Å². The molecule has 0 aromatic carbocycles. The monoisotopic (exact) mass is 298 g/mol. The van der Waals surface area contributed by atoms with Crippen molar-refractivity contribution in [1.29, 1.82) is 0 Å². The molecule has 1 N–H and O–H groups in total. The number of fused-ring (bicyclic) bond motifs is 1. The van der Waals surface area contributed by atoms with Crippen molar-refractivity contribution in [2.24, 2.45) is 5.92 Å². The van der Waals surface area contributed by atoms with Gasteiger partial charge in [-0.1, -0.05) is 45.3 Å². The Bertz CT molecular complexity index is 373. The molecule has 0 radical (unpaired) electrons. The first kappa shape index (κ1) is 16.4. The standard InChI is InChI=1S/C17H30O2S/c1-6-7-10-17(5,18)15-19-14-11-12(2)8-9-13(14)16(3,4)20-15/h11,13-15,18H,6-10H2,1-5H3/t13-,14-,15-,17-/m1/s1. The van der Waals surface area contributed by atoms with E-state index in [1.54, 1.807) is 0 Å². The minimum Gasteiger partial charge on any atom is -0.387 e. The highest BCUT2D eigenvalue weighted by molar-refractivity contribution is 8.01. The van der Waals surface area contributed by atoms with E-state index in [4.69, 9.17) is 4.74 Å². The van der Waals surface area contributed by atoms with Crippen LogP contribution in [-0.2, 0) is 4.74 Å². The van der Waals surface area contributed by atoms with Crippen molar-refractivity contribution in [2.45, 2.75) is 88.6 Å². The molecule has 0 aromatic heterocycles. The molecule has 0 spiro atoms. The van der Waals surface area contributed by atoms with Gasteiger partial charge in [0.25, 0.3) is 0 Å². The average Bonchev–Trinajstić information content (AvgIpc) is 2.34. The van der Waals surface area contributed by atoms with Crippen LogP contribution < -0.4 is 0 Å². The Labute approximate surface area is 128 Å². The Morgan fingerprint density at radius 2 is 2.20 bits per heavy atom. The highest BCUT2D eigenvalue weighted by Gasteiger charge is 2.49. The summed E-state index contributed by atoms with van der Waals surface area (Å²) >= 11 is 1.83. The summed E-state index contributed by atoms with van der Waals surface area (Å²) in [6, 6.07) is 0. The number of ether oxygens (including phenoxy) is 1. The number of aliphatic hydroxyl groups is 1. The molecule has 0 bridgehead atoms. The van der Waals surface area contributed by atoms with Crippen LogP contribution >= 0.6 is 11.8 Å². The van der Waals surface area contributed by atoms with Gasteiger partial charge in [-0.05, 0) is 33.1 Å². The molecule has 1 heterocycles. The first-order valence-electron chi connectivity index (χ1n) is 7.99. The van der Waals surface area contributed by atoms with Crippen LogP contribution in [0.1, 0.15) is 66.7 Å². The quantitative estimate of drug-likeness (QED) is 0.774. The first-order valence-corrected chi connectivity index (χ1v) is 8.87. The van der Waals surface area contributed by atoms with Crippen molar-refractivity contribution >= 4 is 11.8 Å². The van der Waals surface area contributed by atoms with Gasteiger partial charge in [-0.3, -0.25) is 0 Å². The maximum atomic E-state index is 10.8. The van der Waals surface area contributed by atoms with Crippen LogP contribution in [0, 0.1) is 5.92 Å². The maximum Gasteiger partial charge on any atom is 0.132 e. The third-order valence-electron chi connectivity index (χ3n) is 4.82. The van der Waals surface area contributed by atoms with Gasteiger partial charge in [0.05, 0.1) is 11.7 Å². The van der Waals surface area contributed by atoms with Crippen molar-refractivity contribution in [3.8, 4) is 0 Å². The number of allylic oxidation sites excluding steroid dienone is 1. The predicted octanol–water partition coefficient (Wildman–Crippen LogP) is 4.52. The summed E-state index contributed by atoms with van der Waals surface area (Å²) in [6.07, 6.45) is 7.84. The van der Waals surface area contributed by atoms with Gasteiger partial charge in [-0.25, -0.2) is 0 Å². The molecular weight excluding hydrogens is 268 g/mol. The second kappa shape index (κ2) is 6.02. The van der Waals surface area contributed by atoms with Crippen molar-refractivity contribution in [3.63, 3.8) is 0 Å². The average molecular weight is 298 g/mol. The largest absolute Gasteiger partial charge is 0.387 e. The molecule has 20 heavy (non-hydrogen) atoms. The van der Waals surface area contributed by atoms with Crippen molar-refractivity contribution in [1.82, 2.24) is 0 Å². The molecule has 0 aromatic rings. The summed E-state index contributed by atoms with van der Waals surface area (Å²) in [5.41, 5.74) is 0.579. The molecule has 1 fully saturated rings. The second-order valence-electron chi connectivity index (χ2n) is 7.27. The van der Waals surface area contributed by atoms with Gasteiger partial charge in [-0.2, -0.15) is 0 Å². The van der Waals surface area contributed by atoms with E-state index in [1.165, 1.54) is 18.4 Å². The summed E-state index contributed by atoms with van der Waals surface area (Å²) in [5, 5.41) is 10.8. The molecule has 1 saturated heterocycles. The third kappa shape index (κ3) is 3.42. The highest BCUT2D eigenvalue weighted by atomic mass is 32.2. The fourth-order valence-electron chi connectivity index (χ4n) is 3.36. The zero-order valence-corrected chi connectivity index (χ0v) is 14.4. The number of rotatable bonds is 4. The minimum atomic E-state index is -0.734. The molecule has 2 aliphatic rings. The third-order valence-corrected chi connectivity index (χ3v) is 6.57. The maximum absolute atomic E-state index is 10.8. The normalized spacial score (nSPS) is 35.9. The summed E-state index contributed by atoms with van der Waals surface area (Å²) < 4.78 is 6.46. The first-order chi connectivity index (χ1) is 9.26. The van der Waals surface area contributed by atoms with E-state index in [0.29, 0.717) is 5.92 Å². The smallest absolute Gasteiger partial charge is 0.132 e. The Kier molecular flexibility index (Phi) is 4.93. The molecule has 2 rings (SSSR count). The second-order valence-corrected chi connectivity index (χ2v) is 8.99. The fourth-order valence-corrected chi connectivity index (χ4v) is 4.90. The van der Waals surface area contributed by atoms with Crippen molar-refractivity contribution in [2.75, 3.05) is 0 Å². The van der Waals surface area contributed by atoms with E-state index in [-0.39, 0.29) is 16.3 Å². The fraction of sp³-hybridized carbons (Fsp3) is 0.882. The summed E-state index contributed by atoms with van der Waals surface area (Å²) in [4.78, 5) is 0. The molecule has 1 aliphatic heterocycles. The Hall–Kier alpha value is 0.01000. The van der Waals surface area contributed by atoms with Gasteiger partial charge in [0, 0.05) is 10.7 Å². The lowest BCUT2D eigenvalue weighted by Crippen LogP contribution is -2.53. The SMILES string of the molecule is CCCC[C@@](C)(O)[C@@H]1O[C@@H]2C=C(C)CC[C@H]2C(C)(C)S1. The molecular formula is C17H30O2S. The molecule has 0 saturated carbocycles. The topological polar surface area (TPSA) is 29.5 Å². The minimum absolute atomic E-state index is 0.118. The highest BCUT2D eigenvalue weighted by Crippen LogP contribution is 2.51. The van der Waals surface area contributed by atoms with Crippen LogP contribution in [0.2, 0.25) is 0 Å². The number of thioether (sulfide) groups is 1. The van der Waals surface area contributed by atoms with Crippen LogP contribution in [0.25, 0.3) is 0 Å². The van der Waals surface area contributed by atoms with Crippen LogP contribution in [-0.4, -0.2) is 27.0 Å². The van der Waals surface area contributed by atoms with Crippen LogP contribution in [0.5, 0.6) is 0 Å². The van der Waals surface area contributed by atoms with Gasteiger partial charge in [-0.15, -0.1) is 11.8 Å². The van der Waals surface area contributed by atoms with Gasteiger partial charge in [0.1, 0.15) is 5.44 Å². The van der Waals surface area contributed by atoms with E-state index in [2.05, 4.69) is 33.8 Å². The molecule has 2 nitrogen and oxygen atoms in total. The van der Waals surface area contributed by atoms with Gasteiger partial charge >= 0.3 is 0 Å². The van der Waals surface area contributed by atoms with E-state index >= 15 is 0 Å². The van der Waals surface area contributed by atoms with E-state index < -0.39 is 5.60 Å². The van der Waals surface area contributed by atoms with Crippen molar-refractivity contribution in [3.05, 3.63) is 11.6 Å². The van der Waals surface area contributed by atoms with E-state index in [9.17, 15) is 5.11 Å². The molecule has 3 heteroatoms. The van der Waals surface area contributed by atoms with Gasteiger partial charge < -0.3 is 9.84 Å². The lowest BCUT2D eigenvalue weighted by Gasteiger charge is -2.51. The summed E-state index contributed by atoms with van der Waals surface area (Å²) in [5.74, 6) is 0.564. The predicted molar refractivity (Wildman–Crippen MR) is 87.0 cm³/mol. The van der Waals surface area contributed by atoms with Crippen LogP contribution in [0.4, 0.5) is 0 Å². The molecule has 4 atom stereocenters. The van der Waals surface area contributed by atoms with E-state index in [0.717, 1.165) is 19.3 Å². The molecule has 116 valence electrons. The Morgan fingerprint density at radius 1 is 1.50 bits per heavy atom. The van der Waals surface area contributed by atoms with Crippen LogP contribution in [0.3, 0.4) is 0 Å². The zero-order chi connectivity index (χ0) is 15.0. The summed E-state index contributed by atoms with van der Waals surface area (Å²) in [6.45, 7) is 10.9. The summed E-state index contributed by atoms with van der Waals surface area (Å²) in [7, 11) is 0. The zero-order valence-electron chi connectivity index (χ0n) is 13.6. The number of hydrogen-bond donors (Lipinski definition) is 1. The molecule has 0 amide bonds. The van der Waals surface area contributed by atoms with Gasteiger partial charge in [0.2, 0.25) is 0 Å². The van der Waals surface area contributed by atoms with Crippen LogP contribution in [0.15, 0.2) is 11.6 Å². The van der Waals surface area contributed by atoms with Crippen molar-refractivity contribution < 1.29 is 9.84 Å². The molecule has 1 aliphatic carbocycles. The Balaban J connectivity index is 2.16. The number of unbranched alkanes of at least 4 members (excludes halogenated alkanes) is 1. The lowest BCUT2D eigenvalue weighted by atomic mass is 9.79.